The third-order valence-corrected chi connectivity index (χ3v) is 8.17. The summed E-state index contributed by atoms with van der Waals surface area (Å²) >= 11 is 16.1. The monoisotopic (exact) mass is 536 g/mol. The van der Waals surface area contributed by atoms with Crippen molar-refractivity contribution in [1.82, 2.24) is 0 Å². The molecule has 0 bridgehead atoms. The number of hydrogen-bond donors (Lipinski definition) is 0. The lowest BCUT2D eigenvalue weighted by Crippen LogP contribution is -1.89. The first-order valence-electron chi connectivity index (χ1n) is 5.82. The summed E-state index contributed by atoms with van der Waals surface area (Å²) in [5.41, 5.74) is 1.26. The standard InChI is InChI=1S/C15H8Br4S/c16-11-4-3-8-5-10(2-1-9(8)6-11)14(18)13-7-12(17)15(19)20-13/h1-7,14H. The highest BCUT2D eigenvalue weighted by Gasteiger charge is 2.15. The molecule has 0 amide bonds. The van der Waals surface area contributed by atoms with Crippen LogP contribution in [0.2, 0.25) is 0 Å². The molecular formula is C15H8Br4S. The largest absolute Gasteiger partial charge is 0.131 e. The minimum Gasteiger partial charge on any atom is -0.131 e. The Morgan fingerprint density at radius 1 is 0.850 bits per heavy atom. The van der Waals surface area contributed by atoms with Gasteiger partial charge in [-0.25, -0.2) is 0 Å². The molecule has 0 N–H and O–H groups in total. The van der Waals surface area contributed by atoms with Crippen LogP contribution in [0, 0.1) is 0 Å². The summed E-state index contributed by atoms with van der Waals surface area (Å²) in [6, 6.07) is 15.1. The van der Waals surface area contributed by atoms with Gasteiger partial charge in [0.2, 0.25) is 0 Å². The van der Waals surface area contributed by atoms with Crippen molar-refractivity contribution < 1.29 is 0 Å². The number of alkyl halides is 1. The molecule has 0 aliphatic heterocycles. The van der Waals surface area contributed by atoms with Crippen molar-refractivity contribution in [3.8, 4) is 0 Å². The quantitative estimate of drug-likeness (QED) is 0.293. The first kappa shape index (κ1) is 15.2. The van der Waals surface area contributed by atoms with Crippen LogP contribution in [-0.4, -0.2) is 0 Å². The van der Waals surface area contributed by atoms with E-state index in [9.17, 15) is 0 Å². The fourth-order valence-electron chi connectivity index (χ4n) is 2.05. The first-order chi connectivity index (χ1) is 9.54. The Hall–Kier alpha value is 0.320. The lowest BCUT2D eigenvalue weighted by molar-refractivity contribution is 1.23. The van der Waals surface area contributed by atoms with Crippen LogP contribution in [0.1, 0.15) is 15.3 Å². The number of hydrogen-bond acceptors (Lipinski definition) is 1. The summed E-state index contributed by atoms with van der Waals surface area (Å²) in [5, 5.41) is 2.50. The normalized spacial score (nSPS) is 12.8. The number of thiophene rings is 1. The molecule has 1 heterocycles. The van der Waals surface area contributed by atoms with Gasteiger partial charge in [0, 0.05) is 13.8 Å². The number of halogens is 4. The van der Waals surface area contributed by atoms with Crippen LogP contribution in [0.4, 0.5) is 0 Å². The number of fused-ring (bicyclic) bond motifs is 1. The van der Waals surface area contributed by atoms with E-state index >= 15 is 0 Å². The Bertz CT molecular complexity index is 759. The maximum absolute atomic E-state index is 3.80. The van der Waals surface area contributed by atoms with E-state index in [1.165, 1.54) is 21.2 Å². The van der Waals surface area contributed by atoms with E-state index in [1.807, 2.05) is 0 Å². The molecule has 5 heteroatoms. The predicted octanol–water partition coefficient (Wildman–Crippen LogP) is 7.67. The van der Waals surface area contributed by atoms with Gasteiger partial charge >= 0.3 is 0 Å². The zero-order chi connectivity index (χ0) is 14.3. The minimum absolute atomic E-state index is 0.211. The summed E-state index contributed by atoms with van der Waals surface area (Å²) in [5.74, 6) is 0. The van der Waals surface area contributed by atoms with Crippen molar-refractivity contribution in [2.75, 3.05) is 0 Å². The first-order valence-corrected chi connectivity index (χ1v) is 9.94. The van der Waals surface area contributed by atoms with Crippen molar-refractivity contribution >= 4 is 85.8 Å². The molecule has 0 radical (unpaired) electrons. The van der Waals surface area contributed by atoms with Gasteiger partial charge in [-0.15, -0.1) is 11.3 Å². The van der Waals surface area contributed by atoms with Gasteiger partial charge in [0.1, 0.15) is 0 Å². The smallest absolute Gasteiger partial charge is 0.0843 e. The van der Waals surface area contributed by atoms with E-state index in [-0.39, 0.29) is 4.83 Å². The topological polar surface area (TPSA) is 0 Å². The summed E-state index contributed by atoms with van der Waals surface area (Å²) in [4.78, 5) is 1.49. The highest BCUT2D eigenvalue weighted by atomic mass is 79.9. The summed E-state index contributed by atoms with van der Waals surface area (Å²) in [6.45, 7) is 0. The molecule has 0 saturated heterocycles. The Kier molecular flexibility index (Phi) is 4.73. The van der Waals surface area contributed by atoms with Gasteiger partial charge in [-0.3, -0.25) is 0 Å². The van der Waals surface area contributed by atoms with E-state index in [0.717, 1.165) is 12.7 Å². The highest BCUT2D eigenvalue weighted by Crippen LogP contribution is 2.41. The average Bonchev–Trinajstić information content (AvgIpc) is 2.77. The van der Waals surface area contributed by atoms with Gasteiger partial charge in [-0.1, -0.05) is 50.1 Å². The van der Waals surface area contributed by atoms with Gasteiger partial charge < -0.3 is 0 Å². The maximum Gasteiger partial charge on any atom is 0.0843 e. The van der Waals surface area contributed by atoms with Gasteiger partial charge in [0.15, 0.2) is 0 Å². The highest BCUT2D eigenvalue weighted by molar-refractivity contribution is 9.13. The van der Waals surface area contributed by atoms with Crippen LogP contribution < -0.4 is 0 Å². The fraction of sp³-hybridized carbons (Fsp3) is 0.0667. The van der Waals surface area contributed by atoms with Crippen molar-refractivity contribution in [3.05, 3.63) is 65.6 Å². The molecule has 0 spiro atoms. The molecule has 3 rings (SSSR count). The molecule has 1 unspecified atom stereocenters. The molecule has 20 heavy (non-hydrogen) atoms. The third-order valence-electron chi connectivity index (χ3n) is 3.03. The number of benzene rings is 2. The molecule has 0 aliphatic rings. The molecule has 0 aliphatic carbocycles. The van der Waals surface area contributed by atoms with Crippen LogP contribution in [0.25, 0.3) is 10.8 Å². The second-order valence-corrected chi connectivity index (χ2v) is 9.47. The molecule has 3 aromatic rings. The van der Waals surface area contributed by atoms with E-state index in [2.05, 4.69) is 106 Å². The lowest BCUT2D eigenvalue weighted by atomic mass is 10.0. The van der Waals surface area contributed by atoms with Crippen LogP contribution in [0.15, 0.2) is 55.2 Å². The Labute approximate surface area is 155 Å². The molecule has 0 nitrogen and oxygen atoms in total. The fourth-order valence-corrected chi connectivity index (χ4v) is 5.22. The van der Waals surface area contributed by atoms with Gasteiger partial charge in [-0.2, -0.15) is 0 Å². The average molecular weight is 540 g/mol. The SMILES string of the molecule is Brc1ccc2cc(C(Br)c3cc(Br)c(Br)s3)ccc2c1. The molecule has 1 atom stereocenters. The maximum atomic E-state index is 3.80. The second-order valence-electron chi connectivity index (χ2n) is 4.38. The molecular weight excluding hydrogens is 532 g/mol. The van der Waals surface area contributed by atoms with Crippen LogP contribution >= 0.6 is 75.1 Å². The zero-order valence-electron chi connectivity index (χ0n) is 10.0. The van der Waals surface area contributed by atoms with Crippen molar-refractivity contribution in [2.45, 2.75) is 4.83 Å². The summed E-state index contributed by atoms with van der Waals surface area (Å²) in [7, 11) is 0. The van der Waals surface area contributed by atoms with Crippen molar-refractivity contribution in [1.29, 1.82) is 0 Å². The molecule has 0 fully saturated rings. The molecule has 2 aromatic carbocycles. The Morgan fingerprint density at radius 2 is 1.55 bits per heavy atom. The Morgan fingerprint density at radius 3 is 2.25 bits per heavy atom. The predicted molar refractivity (Wildman–Crippen MR) is 102 cm³/mol. The van der Waals surface area contributed by atoms with Crippen LogP contribution in [0.3, 0.4) is 0 Å². The van der Waals surface area contributed by atoms with Gasteiger partial charge in [-0.05, 0) is 72.5 Å². The van der Waals surface area contributed by atoms with E-state index in [0.29, 0.717) is 0 Å². The molecule has 0 saturated carbocycles. The van der Waals surface area contributed by atoms with E-state index in [4.69, 9.17) is 0 Å². The molecule has 102 valence electrons. The van der Waals surface area contributed by atoms with Crippen molar-refractivity contribution in [3.63, 3.8) is 0 Å². The van der Waals surface area contributed by atoms with Crippen molar-refractivity contribution in [2.24, 2.45) is 0 Å². The van der Waals surface area contributed by atoms with E-state index in [1.54, 1.807) is 11.3 Å². The van der Waals surface area contributed by atoms with E-state index < -0.39 is 0 Å². The van der Waals surface area contributed by atoms with Crippen LogP contribution in [-0.2, 0) is 0 Å². The Balaban J connectivity index is 2.03. The minimum atomic E-state index is 0.211. The second kappa shape index (κ2) is 6.21. The third kappa shape index (κ3) is 3.07. The lowest BCUT2D eigenvalue weighted by Gasteiger charge is -2.09. The van der Waals surface area contributed by atoms with Gasteiger partial charge in [0.25, 0.3) is 0 Å². The zero-order valence-corrected chi connectivity index (χ0v) is 17.2. The van der Waals surface area contributed by atoms with Crippen LogP contribution in [0.5, 0.6) is 0 Å². The summed E-state index contributed by atoms with van der Waals surface area (Å²) < 4.78 is 3.34. The van der Waals surface area contributed by atoms with Gasteiger partial charge in [0.05, 0.1) is 8.61 Å². The summed E-state index contributed by atoms with van der Waals surface area (Å²) in [6.07, 6.45) is 0. The number of rotatable bonds is 2. The molecule has 1 aromatic heterocycles.